The summed E-state index contributed by atoms with van der Waals surface area (Å²) in [6.07, 6.45) is 0. The number of carbonyl (C=O) groups excluding carboxylic acids is 1. The van der Waals surface area contributed by atoms with Gasteiger partial charge in [-0.05, 0) is 41.4 Å². The summed E-state index contributed by atoms with van der Waals surface area (Å²) in [5.74, 6) is -0.108. The molecule has 0 radical (unpaired) electrons. The third kappa shape index (κ3) is 1.50. The SMILES string of the molecule is CC(=O)c1c(O)ccc(C)c1Br. The monoisotopic (exact) mass is 228 g/mol. The third-order valence-corrected chi connectivity index (χ3v) is 2.69. The van der Waals surface area contributed by atoms with Gasteiger partial charge in [0.15, 0.2) is 5.78 Å². The molecule has 0 fully saturated rings. The Balaban J connectivity index is 3.43. The molecule has 0 aliphatic rings. The highest BCUT2D eigenvalue weighted by molar-refractivity contribution is 9.10. The minimum atomic E-state index is -0.136. The van der Waals surface area contributed by atoms with Gasteiger partial charge in [-0.3, -0.25) is 4.79 Å². The predicted octanol–water partition coefficient (Wildman–Crippen LogP) is 2.67. The average Bonchev–Trinajstić information content (AvgIpc) is 1.97. The zero-order chi connectivity index (χ0) is 9.30. The molecule has 0 unspecified atom stereocenters. The van der Waals surface area contributed by atoms with Gasteiger partial charge in [-0.25, -0.2) is 0 Å². The maximum atomic E-state index is 11.0. The molecule has 0 saturated carbocycles. The van der Waals surface area contributed by atoms with Gasteiger partial charge in [0.1, 0.15) is 5.75 Å². The molecular weight excluding hydrogens is 220 g/mol. The highest BCUT2D eigenvalue weighted by atomic mass is 79.9. The largest absolute Gasteiger partial charge is 0.507 e. The van der Waals surface area contributed by atoms with Crippen molar-refractivity contribution >= 4 is 21.7 Å². The van der Waals surface area contributed by atoms with Gasteiger partial charge in [0.25, 0.3) is 0 Å². The Morgan fingerprint density at radius 3 is 2.50 bits per heavy atom. The van der Waals surface area contributed by atoms with E-state index >= 15 is 0 Å². The number of Topliss-reactive ketones (excluding diaryl/α,β-unsaturated/α-hetero) is 1. The molecule has 0 atom stereocenters. The number of aromatic hydroxyl groups is 1. The molecule has 3 heteroatoms. The molecule has 0 spiro atoms. The molecule has 1 N–H and O–H groups in total. The topological polar surface area (TPSA) is 37.3 Å². The van der Waals surface area contributed by atoms with E-state index in [1.807, 2.05) is 6.92 Å². The molecule has 0 aliphatic heterocycles. The molecule has 64 valence electrons. The van der Waals surface area contributed by atoms with Crippen LogP contribution in [0.15, 0.2) is 16.6 Å². The van der Waals surface area contributed by atoms with Gasteiger partial charge in [0.2, 0.25) is 0 Å². The second-order valence-electron chi connectivity index (χ2n) is 2.65. The highest BCUT2D eigenvalue weighted by Gasteiger charge is 2.11. The first-order chi connectivity index (χ1) is 5.54. The first-order valence-corrected chi connectivity index (χ1v) is 4.32. The molecular formula is C9H9BrO2. The van der Waals surface area contributed by atoms with Gasteiger partial charge >= 0.3 is 0 Å². The van der Waals surface area contributed by atoms with E-state index in [2.05, 4.69) is 15.9 Å². The fourth-order valence-electron chi connectivity index (χ4n) is 1.00. The summed E-state index contributed by atoms with van der Waals surface area (Å²) >= 11 is 3.25. The third-order valence-electron chi connectivity index (χ3n) is 1.67. The Morgan fingerprint density at radius 2 is 2.08 bits per heavy atom. The number of ketones is 1. The average molecular weight is 229 g/mol. The molecule has 1 rings (SSSR count). The molecule has 0 amide bonds. The van der Waals surface area contributed by atoms with Crippen molar-refractivity contribution in [2.45, 2.75) is 13.8 Å². The van der Waals surface area contributed by atoms with Crippen molar-refractivity contribution in [2.75, 3.05) is 0 Å². The van der Waals surface area contributed by atoms with Gasteiger partial charge < -0.3 is 5.11 Å². The van der Waals surface area contributed by atoms with Crippen molar-refractivity contribution < 1.29 is 9.90 Å². The van der Waals surface area contributed by atoms with E-state index in [9.17, 15) is 9.90 Å². The van der Waals surface area contributed by atoms with E-state index in [1.165, 1.54) is 13.0 Å². The fourth-order valence-corrected chi connectivity index (χ4v) is 1.62. The van der Waals surface area contributed by atoms with Gasteiger partial charge in [-0.15, -0.1) is 0 Å². The summed E-state index contributed by atoms with van der Waals surface area (Å²) in [4.78, 5) is 11.0. The smallest absolute Gasteiger partial charge is 0.164 e. The van der Waals surface area contributed by atoms with Crippen molar-refractivity contribution in [1.82, 2.24) is 0 Å². The lowest BCUT2D eigenvalue weighted by molar-refractivity contribution is 0.101. The summed E-state index contributed by atoms with van der Waals surface area (Å²) < 4.78 is 0.676. The van der Waals surface area contributed by atoms with Crippen LogP contribution in [0.25, 0.3) is 0 Å². The number of carbonyl (C=O) groups is 1. The fraction of sp³-hybridized carbons (Fsp3) is 0.222. The summed E-state index contributed by atoms with van der Waals surface area (Å²) in [6, 6.07) is 3.28. The van der Waals surface area contributed by atoms with Crippen LogP contribution in [0.3, 0.4) is 0 Å². The molecule has 0 saturated heterocycles. The zero-order valence-corrected chi connectivity index (χ0v) is 8.47. The van der Waals surface area contributed by atoms with E-state index < -0.39 is 0 Å². The Morgan fingerprint density at radius 1 is 1.50 bits per heavy atom. The van der Waals surface area contributed by atoms with Crippen LogP contribution in [0.2, 0.25) is 0 Å². The summed E-state index contributed by atoms with van der Waals surface area (Å²) in [5, 5.41) is 9.34. The standard InChI is InChI=1S/C9H9BrO2/c1-5-3-4-7(12)8(6(2)11)9(5)10/h3-4,12H,1-2H3. The molecule has 0 aromatic heterocycles. The molecule has 2 nitrogen and oxygen atoms in total. The minimum absolute atomic E-state index is 0.0278. The zero-order valence-electron chi connectivity index (χ0n) is 6.89. The summed E-state index contributed by atoms with van der Waals surface area (Å²) in [7, 11) is 0. The number of hydrogen-bond donors (Lipinski definition) is 1. The van der Waals surface area contributed by atoms with E-state index in [-0.39, 0.29) is 11.5 Å². The Hall–Kier alpha value is -0.830. The van der Waals surface area contributed by atoms with Crippen LogP contribution in [0.4, 0.5) is 0 Å². The minimum Gasteiger partial charge on any atom is -0.507 e. The van der Waals surface area contributed by atoms with Crippen LogP contribution < -0.4 is 0 Å². The number of hydrogen-bond acceptors (Lipinski definition) is 2. The Kier molecular flexibility index (Phi) is 2.52. The quantitative estimate of drug-likeness (QED) is 0.751. The first-order valence-electron chi connectivity index (χ1n) is 3.53. The Labute approximate surface area is 79.3 Å². The lowest BCUT2D eigenvalue weighted by atomic mass is 10.1. The maximum absolute atomic E-state index is 11.0. The molecule has 1 aromatic rings. The number of rotatable bonds is 1. The highest BCUT2D eigenvalue weighted by Crippen LogP contribution is 2.29. The number of phenolic OH excluding ortho intramolecular Hbond substituents is 1. The van der Waals surface area contributed by atoms with Gasteiger partial charge in [-0.1, -0.05) is 6.07 Å². The number of phenols is 1. The van der Waals surface area contributed by atoms with Gasteiger partial charge in [0, 0.05) is 4.47 Å². The van der Waals surface area contributed by atoms with Crippen molar-refractivity contribution in [3.63, 3.8) is 0 Å². The second kappa shape index (κ2) is 3.27. The van der Waals surface area contributed by atoms with E-state index in [0.717, 1.165) is 5.56 Å². The molecule has 0 heterocycles. The van der Waals surface area contributed by atoms with Crippen LogP contribution in [0.1, 0.15) is 22.8 Å². The molecule has 0 aliphatic carbocycles. The number of halogens is 1. The lowest BCUT2D eigenvalue weighted by Crippen LogP contribution is -1.95. The van der Waals surface area contributed by atoms with E-state index in [1.54, 1.807) is 6.07 Å². The second-order valence-corrected chi connectivity index (χ2v) is 3.44. The van der Waals surface area contributed by atoms with Crippen molar-refractivity contribution in [2.24, 2.45) is 0 Å². The summed E-state index contributed by atoms with van der Waals surface area (Å²) in [6.45, 7) is 3.30. The molecule has 12 heavy (non-hydrogen) atoms. The number of benzene rings is 1. The van der Waals surface area contributed by atoms with E-state index in [4.69, 9.17) is 0 Å². The van der Waals surface area contributed by atoms with Crippen molar-refractivity contribution in [3.8, 4) is 5.75 Å². The first kappa shape index (κ1) is 9.26. The predicted molar refractivity (Wildman–Crippen MR) is 50.5 cm³/mol. The van der Waals surface area contributed by atoms with Crippen LogP contribution in [0, 0.1) is 6.92 Å². The van der Waals surface area contributed by atoms with Crippen LogP contribution >= 0.6 is 15.9 Å². The van der Waals surface area contributed by atoms with Crippen molar-refractivity contribution in [1.29, 1.82) is 0 Å². The van der Waals surface area contributed by atoms with Crippen LogP contribution in [-0.4, -0.2) is 10.9 Å². The Bertz CT molecular complexity index is 332. The molecule has 1 aromatic carbocycles. The maximum Gasteiger partial charge on any atom is 0.164 e. The van der Waals surface area contributed by atoms with Crippen molar-refractivity contribution in [3.05, 3.63) is 27.7 Å². The summed E-state index contributed by atoms with van der Waals surface area (Å²) in [5.41, 5.74) is 1.30. The van der Waals surface area contributed by atoms with Crippen LogP contribution in [0.5, 0.6) is 5.75 Å². The van der Waals surface area contributed by atoms with Crippen LogP contribution in [-0.2, 0) is 0 Å². The normalized spacial score (nSPS) is 9.92. The van der Waals surface area contributed by atoms with Gasteiger partial charge in [0.05, 0.1) is 5.56 Å². The lowest BCUT2D eigenvalue weighted by Gasteiger charge is -2.05. The molecule has 0 bridgehead atoms. The van der Waals surface area contributed by atoms with E-state index in [0.29, 0.717) is 10.0 Å². The van der Waals surface area contributed by atoms with Gasteiger partial charge in [-0.2, -0.15) is 0 Å². The number of aryl methyl sites for hydroxylation is 1.